The van der Waals surface area contributed by atoms with Crippen LogP contribution in [-0.4, -0.2) is 5.11 Å². The topological polar surface area (TPSA) is 20.2 Å². The monoisotopic (exact) mass is 450 g/mol. The molecule has 0 aliphatic heterocycles. The van der Waals surface area contributed by atoms with Crippen LogP contribution in [-0.2, 0) is 12.0 Å². The fourth-order valence-electron chi connectivity index (χ4n) is 2.02. The molecule has 0 aliphatic carbocycles. The van der Waals surface area contributed by atoms with Gasteiger partial charge in [0.1, 0.15) is 0 Å². The molecule has 0 bridgehead atoms. The Labute approximate surface area is 140 Å². The first-order valence-corrected chi connectivity index (χ1v) is 8.06. The van der Waals surface area contributed by atoms with Crippen LogP contribution in [0.4, 0.5) is 0 Å². The van der Waals surface area contributed by atoms with Crippen LogP contribution in [0.1, 0.15) is 18.1 Å². The summed E-state index contributed by atoms with van der Waals surface area (Å²) in [6, 6.07) is 13.7. The van der Waals surface area contributed by atoms with Crippen molar-refractivity contribution in [3.63, 3.8) is 0 Å². The zero-order valence-electron chi connectivity index (χ0n) is 10.3. The van der Waals surface area contributed by atoms with Crippen LogP contribution < -0.4 is 0 Å². The second-order valence-electron chi connectivity index (χ2n) is 4.70. The number of halogens is 3. The van der Waals surface area contributed by atoms with Crippen molar-refractivity contribution < 1.29 is 5.11 Å². The van der Waals surface area contributed by atoms with E-state index in [9.17, 15) is 5.11 Å². The summed E-state index contributed by atoms with van der Waals surface area (Å²) >= 11 is 11.9. The van der Waals surface area contributed by atoms with Gasteiger partial charge in [0.2, 0.25) is 0 Å². The molecule has 1 nitrogen and oxygen atoms in total. The summed E-state index contributed by atoms with van der Waals surface area (Å²) in [6.07, 6.45) is 0.533. The van der Waals surface area contributed by atoms with Crippen molar-refractivity contribution in [2.75, 3.05) is 0 Å². The highest BCUT2D eigenvalue weighted by Crippen LogP contribution is 2.32. The number of hydrogen-bond acceptors (Lipinski definition) is 1. The van der Waals surface area contributed by atoms with Gasteiger partial charge in [0.05, 0.1) is 5.60 Å². The fourth-order valence-corrected chi connectivity index (χ4v) is 3.26. The highest BCUT2D eigenvalue weighted by atomic mass is 127. The molecule has 0 amide bonds. The van der Waals surface area contributed by atoms with Crippen molar-refractivity contribution in [2.45, 2.75) is 18.9 Å². The maximum absolute atomic E-state index is 10.7. The van der Waals surface area contributed by atoms with Crippen LogP contribution >= 0.6 is 50.1 Å². The molecule has 1 atom stereocenters. The highest BCUT2D eigenvalue weighted by molar-refractivity contribution is 14.1. The molecular formula is C15H13BrClIO. The fraction of sp³-hybridized carbons (Fsp3) is 0.200. The van der Waals surface area contributed by atoms with E-state index in [1.807, 2.05) is 36.4 Å². The molecule has 19 heavy (non-hydrogen) atoms. The van der Waals surface area contributed by atoms with Crippen molar-refractivity contribution in [2.24, 2.45) is 0 Å². The lowest BCUT2D eigenvalue weighted by molar-refractivity contribution is 0.0577. The Morgan fingerprint density at radius 1 is 1.21 bits per heavy atom. The lowest BCUT2D eigenvalue weighted by atomic mass is 9.89. The van der Waals surface area contributed by atoms with Gasteiger partial charge in [0.25, 0.3) is 0 Å². The third kappa shape index (κ3) is 3.94. The van der Waals surface area contributed by atoms with Gasteiger partial charge in [-0.3, -0.25) is 0 Å². The van der Waals surface area contributed by atoms with Crippen molar-refractivity contribution in [3.8, 4) is 0 Å². The van der Waals surface area contributed by atoms with Crippen molar-refractivity contribution in [3.05, 3.63) is 66.7 Å². The van der Waals surface area contributed by atoms with Crippen molar-refractivity contribution >= 4 is 50.1 Å². The first-order valence-electron chi connectivity index (χ1n) is 5.81. The zero-order valence-corrected chi connectivity index (χ0v) is 14.8. The maximum atomic E-state index is 10.7. The summed E-state index contributed by atoms with van der Waals surface area (Å²) in [5.41, 5.74) is 0.852. The smallest absolute Gasteiger partial charge is 0.0923 e. The van der Waals surface area contributed by atoms with Crippen LogP contribution in [0.25, 0.3) is 0 Å². The van der Waals surface area contributed by atoms with E-state index >= 15 is 0 Å². The number of rotatable bonds is 3. The summed E-state index contributed by atoms with van der Waals surface area (Å²) in [7, 11) is 0. The predicted octanol–water partition coefficient (Wildman–Crippen LogP) is 5.16. The molecule has 4 heteroatoms. The van der Waals surface area contributed by atoms with Crippen molar-refractivity contribution in [1.82, 2.24) is 0 Å². The minimum Gasteiger partial charge on any atom is -0.385 e. The quantitative estimate of drug-likeness (QED) is 0.640. The lowest BCUT2D eigenvalue weighted by Gasteiger charge is -2.25. The molecule has 2 rings (SSSR count). The molecule has 1 unspecified atom stereocenters. The molecule has 0 fully saturated rings. The molecule has 0 saturated heterocycles. The summed E-state index contributed by atoms with van der Waals surface area (Å²) < 4.78 is 2.09. The molecule has 2 aromatic rings. The molecule has 0 heterocycles. The van der Waals surface area contributed by atoms with Gasteiger partial charge in [0, 0.05) is 25.0 Å². The van der Waals surface area contributed by atoms with Crippen LogP contribution in [0, 0.1) is 3.57 Å². The number of benzene rings is 2. The average molecular weight is 452 g/mol. The van der Waals surface area contributed by atoms with E-state index in [4.69, 9.17) is 11.6 Å². The minimum absolute atomic E-state index is 0.533. The molecule has 0 spiro atoms. The van der Waals surface area contributed by atoms with Crippen LogP contribution in [0.2, 0.25) is 5.02 Å². The Morgan fingerprint density at radius 3 is 2.42 bits per heavy atom. The first kappa shape index (κ1) is 15.3. The largest absolute Gasteiger partial charge is 0.385 e. The van der Waals surface area contributed by atoms with Crippen molar-refractivity contribution in [1.29, 1.82) is 0 Å². The van der Waals surface area contributed by atoms with Crippen LogP contribution in [0.3, 0.4) is 0 Å². The normalized spacial score (nSPS) is 14.2. The Morgan fingerprint density at radius 2 is 1.84 bits per heavy atom. The van der Waals surface area contributed by atoms with Gasteiger partial charge < -0.3 is 5.11 Å². The summed E-state index contributed by atoms with van der Waals surface area (Å²) in [5, 5.41) is 11.3. The zero-order chi connectivity index (χ0) is 14.0. The standard InChI is InChI=1S/C15H13BrClIO/c1-15(19,9-10-2-5-12(18)6-3-10)13-7-4-11(16)8-14(13)17/h2-8,19H,9H2,1H3. The van der Waals surface area contributed by atoms with E-state index < -0.39 is 5.60 Å². The number of aliphatic hydroxyl groups is 1. The maximum Gasteiger partial charge on any atom is 0.0923 e. The average Bonchev–Trinajstić information content (AvgIpc) is 2.31. The Kier molecular flexibility index (Phi) is 4.93. The minimum atomic E-state index is -0.982. The van der Waals surface area contributed by atoms with E-state index in [0.29, 0.717) is 11.4 Å². The third-order valence-electron chi connectivity index (χ3n) is 2.97. The first-order chi connectivity index (χ1) is 8.88. The Balaban J connectivity index is 2.29. The third-order valence-corrected chi connectivity index (χ3v) is 4.50. The number of hydrogen-bond donors (Lipinski definition) is 1. The highest BCUT2D eigenvalue weighted by Gasteiger charge is 2.26. The lowest BCUT2D eigenvalue weighted by Crippen LogP contribution is -2.24. The molecule has 0 saturated carbocycles. The molecule has 0 aromatic heterocycles. The van der Waals surface area contributed by atoms with Crippen LogP contribution in [0.5, 0.6) is 0 Å². The summed E-state index contributed by atoms with van der Waals surface area (Å²) in [5.74, 6) is 0. The summed E-state index contributed by atoms with van der Waals surface area (Å²) in [4.78, 5) is 0. The molecule has 0 radical (unpaired) electrons. The van der Waals surface area contributed by atoms with Gasteiger partial charge in [0.15, 0.2) is 0 Å². The molecule has 1 N–H and O–H groups in total. The summed E-state index contributed by atoms with van der Waals surface area (Å²) in [6.45, 7) is 1.79. The second kappa shape index (κ2) is 6.12. The van der Waals surface area contributed by atoms with Gasteiger partial charge >= 0.3 is 0 Å². The Hall–Kier alpha value is -0.100. The van der Waals surface area contributed by atoms with E-state index in [1.165, 1.54) is 3.57 Å². The van der Waals surface area contributed by atoms with Gasteiger partial charge in [-0.15, -0.1) is 0 Å². The molecule has 0 aliphatic rings. The van der Waals surface area contributed by atoms with E-state index in [-0.39, 0.29) is 0 Å². The molecule has 2 aromatic carbocycles. The van der Waals surface area contributed by atoms with Gasteiger partial charge in [-0.05, 0) is 59.3 Å². The van der Waals surface area contributed by atoms with E-state index in [2.05, 4.69) is 38.5 Å². The van der Waals surface area contributed by atoms with Gasteiger partial charge in [-0.1, -0.05) is 45.7 Å². The predicted molar refractivity (Wildman–Crippen MR) is 91.6 cm³/mol. The second-order valence-corrected chi connectivity index (χ2v) is 7.27. The SMILES string of the molecule is CC(O)(Cc1ccc(I)cc1)c1ccc(Br)cc1Cl. The van der Waals surface area contributed by atoms with Crippen LogP contribution in [0.15, 0.2) is 46.9 Å². The van der Waals surface area contributed by atoms with E-state index in [1.54, 1.807) is 13.0 Å². The van der Waals surface area contributed by atoms with Gasteiger partial charge in [-0.25, -0.2) is 0 Å². The molecule has 100 valence electrons. The van der Waals surface area contributed by atoms with E-state index in [0.717, 1.165) is 15.6 Å². The van der Waals surface area contributed by atoms with Gasteiger partial charge in [-0.2, -0.15) is 0 Å². The molecular weight excluding hydrogens is 438 g/mol. The Bertz CT molecular complexity index is 581.